The normalized spacial score (nSPS) is 12.1. The summed E-state index contributed by atoms with van der Waals surface area (Å²) >= 11 is 3.43. The van der Waals surface area contributed by atoms with E-state index < -0.39 is 5.97 Å². The molecule has 0 fully saturated rings. The first-order valence-electron chi connectivity index (χ1n) is 5.22. The summed E-state index contributed by atoms with van der Waals surface area (Å²) < 4.78 is 0.972. The molecule has 1 unspecified atom stereocenters. The number of benzene rings is 1. The monoisotopic (exact) mass is 282 g/mol. The van der Waals surface area contributed by atoms with Gasteiger partial charge in [0, 0.05) is 4.47 Å². The average Bonchev–Trinajstić information content (AvgIpc) is 2.26. The Labute approximate surface area is 104 Å². The van der Waals surface area contributed by atoms with Gasteiger partial charge >= 0.3 is 5.97 Å². The highest BCUT2D eigenvalue weighted by atomic mass is 79.9. The molecule has 1 N–H and O–H groups in total. The largest absolute Gasteiger partial charge is 0.481 e. The Morgan fingerprint density at radius 3 is 2.75 bits per heavy atom. The fourth-order valence-electron chi connectivity index (χ4n) is 1.56. The van der Waals surface area contributed by atoms with Crippen LogP contribution in [0.15, 0.2) is 41.4 Å². The Morgan fingerprint density at radius 1 is 1.50 bits per heavy atom. The highest BCUT2D eigenvalue weighted by Gasteiger charge is 2.17. The molecule has 86 valence electrons. The lowest BCUT2D eigenvalue weighted by Gasteiger charge is -2.12. The molecule has 0 amide bonds. The fourth-order valence-corrected chi connectivity index (χ4v) is 2.01. The van der Waals surface area contributed by atoms with Gasteiger partial charge in [0.25, 0.3) is 0 Å². The van der Waals surface area contributed by atoms with Crippen LogP contribution in [-0.2, 0) is 11.2 Å². The SMILES string of the molecule is C=CCCC(Cc1ccccc1Br)C(=O)O. The van der Waals surface area contributed by atoms with Crippen LogP contribution in [0.2, 0.25) is 0 Å². The molecule has 3 heteroatoms. The van der Waals surface area contributed by atoms with Crippen molar-refractivity contribution >= 4 is 21.9 Å². The maximum atomic E-state index is 11.1. The summed E-state index contributed by atoms with van der Waals surface area (Å²) in [6, 6.07) is 7.73. The number of rotatable bonds is 6. The van der Waals surface area contributed by atoms with E-state index in [9.17, 15) is 4.79 Å². The molecule has 0 aliphatic carbocycles. The Balaban J connectivity index is 2.71. The van der Waals surface area contributed by atoms with Gasteiger partial charge < -0.3 is 5.11 Å². The molecule has 0 radical (unpaired) electrons. The highest BCUT2D eigenvalue weighted by molar-refractivity contribution is 9.10. The van der Waals surface area contributed by atoms with Crippen molar-refractivity contribution in [1.82, 2.24) is 0 Å². The molecule has 16 heavy (non-hydrogen) atoms. The summed E-state index contributed by atoms with van der Waals surface area (Å²) in [5.74, 6) is -1.07. The zero-order valence-corrected chi connectivity index (χ0v) is 10.6. The first-order valence-corrected chi connectivity index (χ1v) is 6.01. The van der Waals surface area contributed by atoms with Gasteiger partial charge in [0.05, 0.1) is 5.92 Å². The first-order chi connectivity index (χ1) is 7.65. The van der Waals surface area contributed by atoms with E-state index in [1.54, 1.807) is 6.08 Å². The van der Waals surface area contributed by atoms with E-state index in [2.05, 4.69) is 22.5 Å². The quantitative estimate of drug-likeness (QED) is 0.809. The third-order valence-corrected chi connectivity index (χ3v) is 3.27. The van der Waals surface area contributed by atoms with Crippen LogP contribution in [0.25, 0.3) is 0 Å². The van der Waals surface area contributed by atoms with Gasteiger partial charge in [-0.15, -0.1) is 6.58 Å². The Kier molecular flexibility index (Phi) is 5.26. The van der Waals surface area contributed by atoms with Gasteiger partial charge in [-0.25, -0.2) is 0 Å². The van der Waals surface area contributed by atoms with Crippen molar-refractivity contribution in [3.05, 3.63) is 47.0 Å². The molecule has 1 rings (SSSR count). The molecule has 2 nitrogen and oxygen atoms in total. The van der Waals surface area contributed by atoms with E-state index >= 15 is 0 Å². The number of hydrogen-bond donors (Lipinski definition) is 1. The third-order valence-electron chi connectivity index (χ3n) is 2.49. The number of aliphatic carboxylic acids is 1. The van der Waals surface area contributed by atoms with Gasteiger partial charge in [0.1, 0.15) is 0 Å². The lowest BCUT2D eigenvalue weighted by molar-refractivity contribution is -0.141. The van der Waals surface area contributed by atoms with Crippen LogP contribution >= 0.6 is 15.9 Å². The molecule has 0 aliphatic rings. The first kappa shape index (κ1) is 13.0. The summed E-state index contributed by atoms with van der Waals surface area (Å²) in [4.78, 5) is 11.1. The number of allylic oxidation sites excluding steroid dienone is 1. The van der Waals surface area contributed by atoms with Crippen LogP contribution in [0, 0.1) is 5.92 Å². The van der Waals surface area contributed by atoms with E-state index in [0.29, 0.717) is 12.8 Å². The second-order valence-electron chi connectivity index (χ2n) is 3.70. The van der Waals surface area contributed by atoms with E-state index in [0.717, 1.165) is 16.5 Å². The zero-order valence-electron chi connectivity index (χ0n) is 9.03. The number of carboxylic acid groups (broad SMARTS) is 1. The molecular formula is C13H15BrO2. The minimum Gasteiger partial charge on any atom is -0.481 e. The van der Waals surface area contributed by atoms with Crippen molar-refractivity contribution in [3.8, 4) is 0 Å². The van der Waals surface area contributed by atoms with Crippen LogP contribution in [0.5, 0.6) is 0 Å². The molecule has 0 heterocycles. The molecule has 0 saturated carbocycles. The molecule has 1 aromatic carbocycles. The Hall–Kier alpha value is -1.09. The average molecular weight is 283 g/mol. The van der Waals surface area contributed by atoms with Crippen LogP contribution in [-0.4, -0.2) is 11.1 Å². The summed E-state index contributed by atoms with van der Waals surface area (Å²) in [6.45, 7) is 3.61. The smallest absolute Gasteiger partial charge is 0.306 e. The molecule has 0 aliphatic heterocycles. The van der Waals surface area contributed by atoms with Gasteiger partial charge in [-0.3, -0.25) is 4.79 Å². The number of carbonyl (C=O) groups is 1. The number of carboxylic acids is 1. The van der Waals surface area contributed by atoms with Crippen LogP contribution < -0.4 is 0 Å². The maximum Gasteiger partial charge on any atom is 0.306 e. The standard InChI is InChI=1S/C13H15BrO2/c1-2-3-6-11(13(15)16)9-10-7-4-5-8-12(10)14/h2,4-5,7-8,11H,1,3,6,9H2,(H,15,16). The second kappa shape index (κ2) is 6.48. The zero-order chi connectivity index (χ0) is 12.0. The lowest BCUT2D eigenvalue weighted by Crippen LogP contribution is -2.16. The Bertz CT molecular complexity index is 374. The van der Waals surface area contributed by atoms with Crippen molar-refractivity contribution in [2.24, 2.45) is 5.92 Å². The molecule has 1 atom stereocenters. The van der Waals surface area contributed by atoms with Gasteiger partial charge in [-0.05, 0) is 30.9 Å². The van der Waals surface area contributed by atoms with E-state index in [1.807, 2.05) is 24.3 Å². The Morgan fingerprint density at radius 2 is 2.19 bits per heavy atom. The molecule has 0 spiro atoms. The minimum absolute atomic E-state index is 0.336. The van der Waals surface area contributed by atoms with E-state index in [1.165, 1.54) is 0 Å². The molecule has 0 bridgehead atoms. The molecule has 0 aromatic heterocycles. The second-order valence-corrected chi connectivity index (χ2v) is 4.55. The predicted octanol–water partition coefficient (Wildman–Crippen LogP) is 3.66. The fraction of sp³-hybridized carbons (Fsp3) is 0.308. The van der Waals surface area contributed by atoms with Gasteiger partial charge in [-0.2, -0.15) is 0 Å². The van der Waals surface area contributed by atoms with Gasteiger partial charge in [0.15, 0.2) is 0 Å². The van der Waals surface area contributed by atoms with E-state index in [4.69, 9.17) is 5.11 Å². The van der Waals surface area contributed by atoms with Crippen molar-refractivity contribution in [3.63, 3.8) is 0 Å². The van der Waals surface area contributed by atoms with Crippen LogP contribution in [0.3, 0.4) is 0 Å². The predicted molar refractivity (Wildman–Crippen MR) is 68.4 cm³/mol. The summed E-state index contributed by atoms with van der Waals surface area (Å²) in [7, 11) is 0. The maximum absolute atomic E-state index is 11.1. The summed E-state index contributed by atoms with van der Waals surface area (Å²) in [6.07, 6.45) is 3.70. The van der Waals surface area contributed by atoms with Crippen molar-refractivity contribution in [1.29, 1.82) is 0 Å². The lowest BCUT2D eigenvalue weighted by atomic mass is 9.95. The van der Waals surface area contributed by atoms with Crippen molar-refractivity contribution < 1.29 is 9.90 Å². The van der Waals surface area contributed by atoms with E-state index in [-0.39, 0.29) is 5.92 Å². The van der Waals surface area contributed by atoms with Crippen LogP contribution in [0.4, 0.5) is 0 Å². The summed E-state index contributed by atoms with van der Waals surface area (Å²) in [5, 5.41) is 9.10. The molecule has 0 saturated heterocycles. The third kappa shape index (κ3) is 3.81. The number of halogens is 1. The molecular weight excluding hydrogens is 268 g/mol. The minimum atomic E-state index is -0.738. The topological polar surface area (TPSA) is 37.3 Å². The summed E-state index contributed by atoms with van der Waals surface area (Å²) in [5.41, 5.74) is 1.04. The van der Waals surface area contributed by atoms with Crippen LogP contribution in [0.1, 0.15) is 18.4 Å². The highest BCUT2D eigenvalue weighted by Crippen LogP contribution is 2.22. The number of hydrogen-bond acceptors (Lipinski definition) is 1. The van der Waals surface area contributed by atoms with Gasteiger partial charge in [-0.1, -0.05) is 40.2 Å². The van der Waals surface area contributed by atoms with Crippen molar-refractivity contribution in [2.75, 3.05) is 0 Å². The van der Waals surface area contributed by atoms with Crippen molar-refractivity contribution in [2.45, 2.75) is 19.3 Å². The molecule has 1 aromatic rings. The van der Waals surface area contributed by atoms with Gasteiger partial charge in [0.2, 0.25) is 0 Å².